The number of nitrogens with zero attached hydrogens (tertiary/aromatic N) is 1. The van der Waals surface area contributed by atoms with Gasteiger partial charge in [0.25, 0.3) is 0 Å². The minimum absolute atomic E-state index is 0.248. The lowest BCUT2D eigenvalue weighted by Crippen LogP contribution is -2.33. The molecule has 0 aliphatic carbocycles. The largest absolute Gasteiger partial charge is 0.469 e. The molecule has 0 aliphatic rings. The predicted octanol–water partition coefficient (Wildman–Crippen LogP) is 0.110. The topological polar surface area (TPSA) is 76.7 Å². The fourth-order valence-corrected chi connectivity index (χ4v) is 0.820. The zero-order valence-electron chi connectivity index (χ0n) is 9.04. The third-order valence-electron chi connectivity index (χ3n) is 1.70. The van der Waals surface area contributed by atoms with Crippen molar-refractivity contribution in [1.29, 1.82) is 0 Å². The average Bonchev–Trinajstić information content (AvgIpc) is 2.21. The van der Waals surface area contributed by atoms with Gasteiger partial charge in [0.1, 0.15) is 0 Å². The van der Waals surface area contributed by atoms with Gasteiger partial charge in [0.05, 0.1) is 19.6 Å². The van der Waals surface area contributed by atoms with Gasteiger partial charge in [-0.15, -0.1) is 0 Å². The van der Waals surface area contributed by atoms with Crippen molar-refractivity contribution in [1.82, 2.24) is 5.32 Å². The number of carbonyl (C=O) groups is 1. The molecule has 0 aromatic carbocycles. The van der Waals surface area contributed by atoms with Gasteiger partial charge in [0.15, 0.2) is 5.96 Å². The number of hydrogen-bond acceptors (Lipinski definition) is 3. The van der Waals surface area contributed by atoms with E-state index in [-0.39, 0.29) is 11.9 Å². The number of rotatable bonds is 5. The Bertz CT molecular complexity index is 204. The molecule has 82 valence electrons. The Morgan fingerprint density at radius 2 is 2.29 bits per heavy atom. The molecule has 0 bridgehead atoms. The zero-order chi connectivity index (χ0) is 11.0. The number of nitrogens with one attached hydrogen (secondary N) is 1. The average molecular weight is 201 g/mol. The lowest BCUT2D eigenvalue weighted by atomic mass is 10.2. The van der Waals surface area contributed by atoms with Crippen LogP contribution in [0.25, 0.3) is 0 Å². The van der Waals surface area contributed by atoms with Gasteiger partial charge in [-0.25, -0.2) is 0 Å². The molecule has 14 heavy (non-hydrogen) atoms. The van der Waals surface area contributed by atoms with Crippen LogP contribution in [0.5, 0.6) is 0 Å². The number of esters is 1. The minimum atomic E-state index is -0.267. The Kier molecular flexibility index (Phi) is 6.53. The van der Waals surface area contributed by atoms with Crippen molar-refractivity contribution >= 4 is 11.9 Å². The van der Waals surface area contributed by atoms with Crippen LogP contribution in [-0.2, 0) is 9.53 Å². The second-order valence-corrected chi connectivity index (χ2v) is 3.08. The fourth-order valence-electron chi connectivity index (χ4n) is 0.820. The van der Waals surface area contributed by atoms with E-state index in [1.165, 1.54) is 7.11 Å². The number of ether oxygens (including phenoxy) is 1. The van der Waals surface area contributed by atoms with Crippen LogP contribution in [0.2, 0.25) is 0 Å². The van der Waals surface area contributed by atoms with Crippen LogP contribution in [0.4, 0.5) is 0 Å². The number of methoxy groups -OCH3 is 1. The predicted molar refractivity (Wildman–Crippen MR) is 56.0 cm³/mol. The Balaban J connectivity index is 3.83. The molecule has 1 atom stereocenters. The number of aliphatic imine (C=N–C) groups is 1. The summed E-state index contributed by atoms with van der Waals surface area (Å²) < 4.78 is 4.56. The fraction of sp³-hybridized carbons (Fsp3) is 0.778. The van der Waals surface area contributed by atoms with Gasteiger partial charge in [-0.3, -0.25) is 9.79 Å². The summed E-state index contributed by atoms with van der Waals surface area (Å²) in [6, 6.07) is 0. The van der Waals surface area contributed by atoms with Gasteiger partial charge >= 0.3 is 5.97 Å². The van der Waals surface area contributed by atoms with Crippen molar-refractivity contribution in [2.75, 3.05) is 20.2 Å². The molecule has 5 heteroatoms. The second kappa shape index (κ2) is 7.17. The molecular weight excluding hydrogens is 182 g/mol. The normalized spacial score (nSPS) is 13.5. The molecule has 0 saturated heterocycles. The van der Waals surface area contributed by atoms with E-state index in [2.05, 4.69) is 15.0 Å². The molecule has 0 aliphatic heterocycles. The van der Waals surface area contributed by atoms with Crippen molar-refractivity contribution in [3.8, 4) is 0 Å². The molecule has 3 N–H and O–H groups in total. The molecule has 0 rings (SSSR count). The summed E-state index contributed by atoms with van der Waals surface area (Å²) in [7, 11) is 1.36. The molecule has 0 aromatic heterocycles. The smallest absolute Gasteiger partial charge is 0.310 e. The molecule has 0 saturated carbocycles. The maximum absolute atomic E-state index is 11.0. The van der Waals surface area contributed by atoms with E-state index in [0.29, 0.717) is 12.5 Å². The van der Waals surface area contributed by atoms with Crippen molar-refractivity contribution in [3.05, 3.63) is 0 Å². The highest BCUT2D eigenvalue weighted by molar-refractivity contribution is 5.78. The molecule has 0 fully saturated rings. The van der Waals surface area contributed by atoms with Crippen LogP contribution >= 0.6 is 0 Å². The van der Waals surface area contributed by atoms with Gasteiger partial charge in [0.2, 0.25) is 0 Å². The number of nitrogens with two attached hydrogens (primary N) is 1. The summed E-state index contributed by atoms with van der Waals surface area (Å²) >= 11 is 0. The summed E-state index contributed by atoms with van der Waals surface area (Å²) in [5.74, 6) is -0.137. The van der Waals surface area contributed by atoms with Gasteiger partial charge in [-0.2, -0.15) is 0 Å². The number of carbonyl (C=O) groups excluding carboxylic acids is 1. The summed E-state index contributed by atoms with van der Waals surface area (Å²) in [6.07, 6.45) is 0.989. The lowest BCUT2D eigenvalue weighted by molar-refractivity contribution is -0.144. The van der Waals surface area contributed by atoms with Crippen molar-refractivity contribution < 1.29 is 9.53 Å². The van der Waals surface area contributed by atoms with Crippen LogP contribution in [0, 0.1) is 5.92 Å². The molecule has 1 unspecified atom stereocenters. The SMILES string of the molecule is CCCNC(N)=NCC(C)C(=O)OC. The Morgan fingerprint density at radius 1 is 1.64 bits per heavy atom. The Morgan fingerprint density at radius 3 is 2.79 bits per heavy atom. The summed E-state index contributed by atoms with van der Waals surface area (Å²) in [6.45, 7) is 4.94. The molecule has 0 radical (unpaired) electrons. The quantitative estimate of drug-likeness (QED) is 0.376. The molecule has 0 aromatic rings. The van der Waals surface area contributed by atoms with Crippen molar-refractivity contribution in [2.24, 2.45) is 16.6 Å². The van der Waals surface area contributed by atoms with Gasteiger partial charge in [-0.05, 0) is 6.42 Å². The van der Waals surface area contributed by atoms with E-state index in [0.717, 1.165) is 13.0 Å². The Labute approximate surface area is 84.7 Å². The van der Waals surface area contributed by atoms with Crippen LogP contribution in [-0.4, -0.2) is 32.1 Å². The molecule has 0 spiro atoms. The first-order chi connectivity index (χ1) is 6.61. The summed E-state index contributed by atoms with van der Waals surface area (Å²) in [5.41, 5.74) is 5.54. The first kappa shape index (κ1) is 12.7. The van der Waals surface area contributed by atoms with Crippen LogP contribution in [0.15, 0.2) is 4.99 Å². The van der Waals surface area contributed by atoms with Gasteiger partial charge < -0.3 is 15.8 Å². The highest BCUT2D eigenvalue weighted by atomic mass is 16.5. The third kappa shape index (κ3) is 5.40. The van der Waals surface area contributed by atoms with Crippen LogP contribution in [0.1, 0.15) is 20.3 Å². The van der Waals surface area contributed by atoms with Crippen LogP contribution in [0.3, 0.4) is 0 Å². The summed E-state index contributed by atoms with van der Waals surface area (Å²) in [5, 5.41) is 2.92. The number of guanidine groups is 1. The van der Waals surface area contributed by atoms with Gasteiger partial charge in [0, 0.05) is 6.54 Å². The highest BCUT2D eigenvalue weighted by Gasteiger charge is 2.11. The zero-order valence-corrected chi connectivity index (χ0v) is 9.04. The summed E-state index contributed by atoms with van der Waals surface area (Å²) in [4.78, 5) is 15.0. The number of hydrogen-bond donors (Lipinski definition) is 2. The second-order valence-electron chi connectivity index (χ2n) is 3.08. The standard InChI is InChI=1S/C9H19N3O2/c1-4-5-11-9(10)12-6-7(2)8(13)14-3/h7H,4-6H2,1-3H3,(H3,10,11,12). The highest BCUT2D eigenvalue weighted by Crippen LogP contribution is 1.97. The van der Waals surface area contributed by atoms with E-state index >= 15 is 0 Å². The van der Waals surface area contributed by atoms with Crippen LogP contribution < -0.4 is 11.1 Å². The monoisotopic (exact) mass is 201 g/mol. The molecule has 0 amide bonds. The first-order valence-corrected chi connectivity index (χ1v) is 4.73. The minimum Gasteiger partial charge on any atom is -0.469 e. The first-order valence-electron chi connectivity index (χ1n) is 4.73. The van der Waals surface area contributed by atoms with Crippen molar-refractivity contribution in [3.63, 3.8) is 0 Å². The van der Waals surface area contributed by atoms with Crippen molar-refractivity contribution in [2.45, 2.75) is 20.3 Å². The lowest BCUT2D eigenvalue weighted by Gasteiger charge is -2.07. The van der Waals surface area contributed by atoms with E-state index < -0.39 is 0 Å². The van der Waals surface area contributed by atoms with E-state index in [4.69, 9.17) is 5.73 Å². The van der Waals surface area contributed by atoms with E-state index in [9.17, 15) is 4.79 Å². The van der Waals surface area contributed by atoms with E-state index in [1.807, 2.05) is 6.92 Å². The van der Waals surface area contributed by atoms with E-state index in [1.54, 1.807) is 6.92 Å². The maximum Gasteiger partial charge on any atom is 0.310 e. The third-order valence-corrected chi connectivity index (χ3v) is 1.70. The maximum atomic E-state index is 11.0. The van der Waals surface area contributed by atoms with Gasteiger partial charge in [-0.1, -0.05) is 13.8 Å². The molecule has 0 heterocycles. The molecule has 5 nitrogen and oxygen atoms in total. The molecular formula is C9H19N3O2. The Hall–Kier alpha value is -1.26.